The summed E-state index contributed by atoms with van der Waals surface area (Å²) in [6.45, 7) is 3.57. The van der Waals surface area contributed by atoms with E-state index < -0.39 is 11.7 Å². The third-order valence-electron chi connectivity index (χ3n) is 3.86. The molecule has 0 amide bonds. The molecule has 0 bridgehead atoms. The Morgan fingerprint density at radius 3 is 2.92 bits per heavy atom. The summed E-state index contributed by atoms with van der Waals surface area (Å²) in [7, 11) is 0. The number of aromatic nitrogens is 2. The maximum absolute atomic E-state index is 12.9. The van der Waals surface area contributed by atoms with Crippen molar-refractivity contribution in [2.24, 2.45) is 5.92 Å². The molecule has 6 nitrogen and oxygen atoms in total. The van der Waals surface area contributed by atoms with E-state index in [9.17, 15) is 13.2 Å². The molecular weight excluding hydrogens is 329 g/mol. The molecule has 0 radical (unpaired) electrons. The molecule has 1 fully saturated rings. The minimum atomic E-state index is -4.48. The van der Waals surface area contributed by atoms with Gasteiger partial charge in [-0.2, -0.15) is 18.2 Å². The van der Waals surface area contributed by atoms with Crippen LogP contribution in [0.2, 0.25) is 0 Å². The van der Waals surface area contributed by atoms with Crippen LogP contribution in [0.1, 0.15) is 35.0 Å². The largest absolute Gasteiger partial charge is 0.469 e. The first kappa shape index (κ1) is 17.0. The highest BCUT2D eigenvalue weighted by Crippen LogP contribution is 2.35. The average molecular weight is 346 g/mol. The highest BCUT2D eigenvalue weighted by atomic mass is 19.4. The van der Waals surface area contributed by atoms with Crippen molar-refractivity contribution >= 4 is 0 Å². The van der Waals surface area contributed by atoms with Crippen LogP contribution in [0.5, 0.6) is 0 Å². The van der Waals surface area contributed by atoms with Crippen molar-refractivity contribution in [1.82, 2.24) is 10.1 Å². The van der Waals surface area contributed by atoms with Gasteiger partial charge in [-0.25, -0.2) is 0 Å². The van der Waals surface area contributed by atoms with Gasteiger partial charge >= 0.3 is 6.18 Å². The fourth-order valence-electron chi connectivity index (χ4n) is 2.54. The molecule has 1 atom stereocenters. The fraction of sp³-hybridized carbons (Fsp3) is 0.600. The second kappa shape index (κ2) is 6.94. The average Bonchev–Trinajstić information content (AvgIpc) is 3.22. The highest BCUT2D eigenvalue weighted by molar-refractivity contribution is 5.32. The normalized spacial score (nSPS) is 18.4. The van der Waals surface area contributed by atoms with Crippen LogP contribution < -0.4 is 0 Å². The van der Waals surface area contributed by atoms with Gasteiger partial charge in [0.2, 0.25) is 5.89 Å². The fourth-order valence-corrected chi connectivity index (χ4v) is 2.54. The molecule has 0 spiro atoms. The minimum absolute atomic E-state index is 0.00160. The number of ether oxygens (including phenoxy) is 2. The lowest BCUT2D eigenvalue weighted by Crippen LogP contribution is -2.09. The van der Waals surface area contributed by atoms with Crippen molar-refractivity contribution < 1.29 is 31.6 Å². The van der Waals surface area contributed by atoms with Gasteiger partial charge < -0.3 is 18.4 Å². The number of furan rings is 1. The molecule has 1 unspecified atom stereocenters. The predicted molar refractivity (Wildman–Crippen MR) is 74.1 cm³/mol. The van der Waals surface area contributed by atoms with E-state index in [2.05, 4.69) is 10.1 Å². The first-order valence-corrected chi connectivity index (χ1v) is 7.54. The summed E-state index contributed by atoms with van der Waals surface area (Å²) in [4.78, 5) is 4.07. The molecule has 24 heavy (non-hydrogen) atoms. The van der Waals surface area contributed by atoms with Gasteiger partial charge in [-0.3, -0.25) is 0 Å². The van der Waals surface area contributed by atoms with E-state index in [-0.39, 0.29) is 30.2 Å². The van der Waals surface area contributed by atoms with Crippen LogP contribution in [-0.4, -0.2) is 30.0 Å². The molecule has 0 N–H and O–H groups in total. The summed E-state index contributed by atoms with van der Waals surface area (Å²) in [6.07, 6.45) is -2.96. The van der Waals surface area contributed by atoms with Crippen LogP contribution >= 0.6 is 0 Å². The lowest BCUT2D eigenvalue weighted by atomic mass is 10.1. The van der Waals surface area contributed by atoms with Gasteiger partial charge in [-0.15, -0.1) is 0 Å². The Labute approximate surface area is 135 Å². The van der Waals surface area contributed by atoms with E-state index in [0.29, 0.717) is 31.2 Å². The molecular formula is C15H17F3N2O4. The minimum Gasteiger partial charge on any atom is -0.469 e. The van der Waals surface area contributed by atoms with E-state index in [0.717, 1.165) is 13.0 Å². The Morgan fingerprint density at radius 2 is 2.21 bits per heavy atom. The van der Waals surface area contributed by atoms with E-state index >= 15 is 0 Å². The smallest absolute Gasteiger partial charge is 0.419 e. The molecule has 9 heteroatoms. The predicted octanol–water partition coefficient (Wildman–Crippen LogP) is 3.13. The molecule has 1 aliphatic rings. The Balaban J connectivity index is 1.59. The van der Waals surface area contributed by atoms with Gasteiger partial charge in [-0.1, -0.05) is 5.16 Å². The van der Waals surface area contributed by atoms with Gasteiger partial charge in [-0.05, 0) is 13.3 Å². The number of rotatable bonds is 6. The van der Waals surface area contributed by atoms with E-state index in [1.807, 2.05) is 0 Å². The molecule has 132 valence electrons. The Bertz CT molecular complexity index is 675. The molecule has 3 heterocycles. The summed E-state index contributed by atoms with van der Waals surface area (Å²) in [5.74, 6) is 0.935. The summed E-state index contributed by atoms with van der Waals surface area (Å²) >= 11 is 0. The van der Waals surface area contributed by atoms with Gasteiger partial charge in [0.05, 0.1) is 25.2 Å². The van der Waals surface area contributed by atoms with Crippen molar-refractivity contribution in [3.05, 3.63) is 34.9 Å². The van der Waals surface area contributed by atoms with E-state index in [4.69, 9.17) is 18.4 Å². The lowest BCUT2D eigenvalue weighted by Gasteiger charge is -2.06. The molecule has 0 aliphatic carbocycles. The first-order valence-electron chi connectivity index (χ1n) is 7.54. The van der Waals surface area contributed by atoms with Crippen molar-refractivity contribution in [2.75, 3.05) is 19.8 Å². The Morgan fingerprint density at radius 1 is 1.38 bits per heavy atom. The van der Waals surface area contributed by atoms with Crippen LogP contribution in [0.25, 0.3) is 0 Å². The summed E-state index contributed by atoms with van der Waals surface area (Å²) < 4.78 is 59.4. The van der Waals surface area contributed by atoms with Crippen LogP contribution in [0.3, 0.4) is 0 Å². The maximum atomic E-state index is 12.9. The molecule has 3 rings (SSSR count). The van der Waals surface area contributed by atoms with Crippen LogP contribution in [0, 0.1) is 12.8 Å². The zero-order valence-electron chi connectivity index (χ0n) is 13.1. The number of aryl methyl sites for hydroxylation is 1. The maximum Gasteiger partial charge on any atom is 0.419 e. The number of halogens is 3. The van der Waals surface area contributed by atoms with Crippen LogP contribution in [0.15, 0.2) is 15.2 Å². The third kappa shape index (κ3) is 3.96. The van der Waals surface area contributed by atoms with Gasteiger partial charge in [0.15, 0.2) is 5.82 Å². The number of nitrogens with zero attached hydrogens (tertiary/aromatic N) is 2. The van der Waals surface area contributed by atoms with Crippen molar-refractivity contribution in [3.8, 4) is 0 Å². The number of hydrogen-bond donors (Lipinski definition) is 0. The summed E-state index contributed by atoms with van der Waals surface area (Å²) in [5.41, 5.74) is -0.820. The van der Waals surface area contributed by atoms with Crippen molar-refractivity contribution in [3.63, 3.8) is 0 Å². The topological polar surface area (TPSA) is 70.5 Å². The Kier molecular flexibility index (Phi) is 4.91. The molecule has 0 saturated carbocycles. The van der Waals surface area contributed by atoms with Gasteiger partial charge in [0, 0.05) is 18.1 Å². The second-order valence-electron chi connectivity index (χ2n) is 5.71. The molecule has 2 aromatic rings. The zero-order valence-corrected chi connectivity index (χ0v) is 13.1. The standard InChI is InChI=1S/C15H17F3N2O4/c1-9-11(12(7-23-9)15(16,17)18)4-14-19-13(20-24-14)8-22-6-10-2-3-21-5-10/h7,10H,2-6,8H2,1H3. The lowest BCUT2D eigenvalue weighted by molar-refractivity contribution is -0.138. The first-order chi connectivity index (χ1) is 11.4. The SMILES string of the molecule is Cc1occ(C(F)(F)F)c1Cc1nc(COCC2CCOC2)no1. The molecule has 2 aromatic heterocycles. The Hall–Kier alpha value is -1.87. The van der Waals surface area contributed by atoms with E-state index in [1.165, 1.54) is 6.92 Å². The third-order valence-corrected chi connectivity index (χ3v) is 3.86. The van der Waals surface area contributed by atoms with Crippen molar-refractivity contribution in [1.29, 1.82) is 0 Å². The zero-order chi connectivity index (χ0) is 17.2. The summed E-state index contributed by atoms with van der Waals surface area (Å²) in [6, 6.07) is 0. The molecule has 1 aliphatic heterocycles. The molecule has 0 aromatic carbocycles. The van der Waals surface area contributed by atoms with Crippen LogP contribution in [0.4, 0.5) is 13.2 Å². The second-order valence-corrected chi connectivity index (χ2v) is 5.71. The van der Waals surface area contributed by atoms with Gasteiger partial charge in [0.1, 0.15) is 18.6 Å². The number of hydrogen-bond acceptors (Lipinski definition) is 6. The van der Waals surface area contributed by atoms with Gasteiger partial charge in [0.25, 0.3) is 0 Å². The van der Waals surface area contributed by atoms with Crippen molar-refractivity contribution in [2.45, 2.75) is 32.5 Å². The van der Waals surface area contributed by atoms with Crippen LogP contribution in [-0.2, 0) is 28.7 Å². The monoisotopic (exact) mass is 346 g/mol. The van der Waals surface area contributed by atoms with E-state index in [1.54, 1.807) is 0 Å². The molecule has 1 saturated heterocycles. The quantitative estimate of drug-likeness (QED) is 0.800. The summed E-state index contributed by atoms with van der Waals surface area (Å²) in [5, 5.41) is 3.73. The number of alkyl halides is 3. The highest BCUT2D eigenvalue weighted by Gasteiger charge is 2.36.